The average molecular weight is 297 g/mol. The van der Waals surface area contributed by atoms with Crippen LogP contribution in [0.25, 0.3) is 0 Å². The maximum absolute atomic E-state index is 11.2. The maximum atomic E-state index is 11.2. The van der Waals surface area contributed by atoms with Crippen LogP contribution in [0.3, 0.4) is 0 Å². The predicted octanol–water partition coefficient (Wildman–Crippen LogP) is 2.18. The van der Waals surface area contributed by atoms with Gasteiger partial charge in [-0.05, 0) is 25.9 Å². The van der Waals surface area contributed by atoms with Gasteiger partial charge in [0.05, 0.1) is 4.88 Å². The summed E-state index contributed by atoms with van der Waals surface area (Å²) in [7, 11) is 0. The van der Waals surface area contributed by atoms with Crippen molar-refractivity contribution in [2.45, 2.75) is 39.2 Å². The Balaban J connectivity index is 2.13. The van der Waals surface area contributed by atoms with Crippen LogP contribution in [0.1, 0.15) is 48.0 Å². The second-order valence-corrected chi connectivity index (χ2v) is 6.05. The zero-order valence-electron chi connectivity index (χ0n) is 11.5. The third-order valence-electron chi connectivity index (χ3n) is 3.25. The fourth-order valence-electron chi connectivity index (χ4n) is 2.33. The Morgan fingerprint density at radius 3 is 2.50 bits per heavy atom. The molecular weight excluding hydrogens is 278 g/mol. The number of carbonyl (C=O) groups is 2. The molecule has 1 aromatic heterocycles. The fourth-order valence-corrected chi connectivity index (χ4v) is 3.37. The van der Waals surface area contributed by atoms with Gasteiger partial charge in [-0.1, -0.05) is 24.2 Å². The largest absolute Gasteiger partial charge is 0.476 e. The van der Waals surface area contributed by atoms with E-state index in [0.29, 0.717) is 16.6 Å². The Kier molecular flexibility index (Phi) is 5.08. The van der Waals surface area contributed by atoms with Gasteiger partial charge < -0.3 is 10.4 Å². The number of nitrogens with zero attached hydrogens (tertiary/aromatic N) is 2. The number of hydrogen-bond donors (Lipinski definition) is 2. The van der Waals surface area contributed by atoms with Gasteiger partial charge in [-0.2, -0.15) is 0 Å². The van der Waals surface area contributed by atoms with E-state index < -0.39 is 5.97 Å². The number of carbonyl (C=O) groups excluding carboxylic acids is 1. The van der Waals surface area contributed by atoms with Crippen LogP contribution in [0, 0.1) is 0 Å². The van der Waals surface area contributed by atoms with Crippen LogP contribution >= 0.6 is 11.3 Å². The summed E-state index contributed by atoms with van der Waals surface area (Å²) in [5.41, 5.74) is 0.0583. The molecule has 0 radical (unpaired) electrons. The van der Waals surface area contributed by atoms with Crippen LogP contribution in [-0.2, 0) is 11.3 Å². The Labute approximate surface area is 121 Å². The number of carboxylic acids is 1. The van der Waals surface area contributed by atoms with Crippen LogP contribution < -0.4 is 5.32 Å². The number of thiazole rings is 1. The average Bonchev–Trinajstić information content (AvgIpc) is 2.58. The molecule has 2 rings (SSSR count). The van der Waals surface area contributed by atoms with E-state index >= 15 is 0 Å². The van der Waals surface area contributed by atoms with E-state index in [1.165, 1.54) is 31.1 Å². The van der Waals surface area contributed by atoms with E-state index in [2.05, 4.69) is 15.2 Å². The lowest BCUT2D eigenvalue weighted by molar-refractivity contribution is -0.114. The van der Waals surface area contributed by atoms with E-state index in [1.807, 2.05) is 0 Å². The zero-order valence-corrected chi connectivity index (χ0v) is 12.3. The van der Waals surface area contributed by atoms with E-state index in [0.717, 1.165) is 25.9 Å². The van der Waals surface area contributed by atoms with Crippen molar-refractivity contribution in [2.75, 3.05) is 18.4 Å². The number of anilines is 1. The summed E-state index contributed by atoms with van der Waals surface area (Å²) >= 11 is 1.25. The van der Waals surface area contributed by atoms with Crippen molar-refractivity contribution in [3.8, 4) is 0 Å². The topological polar surface area (TPSA) is 82.5 Å². The number of aromatic carboxylic acids is 1. The molecule has 2 heterocycles. The van der Waals surface area contributed by atoms with E-state index in [-0.39, 0.29) is 11.6 Å². The molecule has 1 aliphatic heterocycles. The molecule has 1 amide bonds. The molecule has 1 aliphatic rings. The van der Waals surface area contributed by atoms with Crippen LogP contribution in [0.2, 0.25) is 0 Å². The number of rotatable bonds is 4. The van der Waals surface area contributed by atoms with Gasteiger partial charge in [0.15, 0.2) is 10.8 Å². The van der Waals surface area contributed by atoms with Gasteiger partial charge in [-0.15, -0.1) is 0 Å². The lowest BCUT2D eigenvalue weighted by atomic mass is 10.2. The Bertz CT molecular complexity index is 493. The molecule has 0 aromatic carbocycles. The maximum Gasteiger partial charge on any atom is 0.355 e. The molecule has 1 aromatic rings. The van der Waals surface area contributed by atoms with Gasteiger partial charge in [-0.25, -0.2) is 9.78 Å². The highest BCUT2D eigenvalue weighted by molar-refractivity contribution is 7.16. The summed E-state index contributed by atoms with van der Waals surface area (Å²) in [6.45, 7) is 3.97. The van der Waals surface area contributed by atoms with Crippen molar-refractivity contribution in [3.63, 3.8) is 0 Å². The lowest BCUT2D eigenvalue weighted by Crippen LogP contribution is -2.24. The minimum Gasteiger partial charge on any atom is -0.476 e. The number of nitrogens with one attached hydrogen (secondary N) is 1. The summed E-state index contributed by atoms with van der Waals surface area (Å²) in [6.07, 6.45) is 4.78. The van der Waals surface area contributed by atoms with Gasteiger partial charge in [-0.3, -0.25) is 9.69 Å². The van der Waals surface area contributed by atoms with Gasteiger partial charge in [0, 0.05) is 13.5 Å². The van der Waals surface area contributed by atoms with Crippen LogP contribution in [-0.4, -0.2) is 40.0 Å². The normalized spacial score (nSPS) is 16.6. The molecule has 0 aliphatic carbocycles. The molecule has 1 fully saturated rings. The standard InChI is InChI=1S/C13H19N3O3S/c1-9(17)14-13-15-11(12(18)19)10(20-13)8-16-6-4-2-3-5-7-16/h2-8H2,1H3,(H,18,19)(H,14,15,17). The van der Waals surface area contributed by atoms with Crippen molar-refractivity contribution in [1.29, 1.82) is 0 Å². The van der Waals surface area contributed by atoms with E-state index in [1.54, 1.807) is 0 Å². The van der Waals surface area contributed by atoms with E-state index in [4.69, 9.17) is 0 Å². The van der Waals surface area contributed by atoms with Crippen molar-refractivity contribution in [1.82, 2.24) is 9.88 Å². The summed E-state index contributed by atoms with van der Waals surface area (Å²) in [5, 5.41) is 12.1. The second kappa shape index (κ2) is 6.81. The highest BCUT2D eigenvalue weighted by Crippen LogP contribution is 2.25. The molecule has 1 saturated heterocycles. The Morgan fingerprint density at radius 2 is 1.95 bits per heavy atom. The minimum atomic E-state index is -1.04. The summed E-state index contributed by atoms with van der Waals surface area (Å²) in [4.78, 5) is 29.3. The molecule has 110 valence electrons. The zero-order chi connectivity index (χ0) is 14.5. The first-order valence-electron chi connectivity index (χ1n) is 6.79. The molecule has 2 N–H and O–H groups in total. The smallest absolute Gasteiger partial charge is 0.355 e. The van der Waals surface area contributed by atoms with Crippen molar-refractivity contribution < 1.29 is 14.7 Å². The second-order valence-electron chi connectivity index (χ2n) is 4.97. The summed E-state index contributed by atoms with van der Waals surface area (Å²) in [5.74, 6) is -1.28. The minimum absolute atomic E-state index is 0.0583. The van der Waals surface area contributed by atoms with Crippen LogP contribution in [0.4, 0.5) is 5.13 Å². The quantitative estimate of drug-likeness (QED) is 0.890. The first-order valence-corrected chi connectivity index (χ1v) is 7.61. The van der Waals surface area contributed by atoms with Gasteiger partial charge >= 0.3 is 5.97 Å². The number of amides is 1. The van der Waals surface area contributed by atoms with Gasteiger partial charge in [0.2, 0.25) is 5.91 Å². The van der Waals surface area contributed by atoms with Crippen molar-refractivity contribution in [3.05, 3.63) is 10.6 Å². The number of hydrogen-bond acceptors (Lipinski definition) is 5. The van der Waals surface area contributed by atoms with E-state index in [9.17, 15) is 14.7 Å². The SMILES string of the molecule is CC(=O)Nc1nc(C(=O)O)c(CN2CCCCCC2)s1. The monoisotopic (exact) mass is 297 g/mol. The number of aromatic nitrogens is 1. The highest BCUT2D eigenvalue weighted by Gasteiger charge is 2.20. The number of carboxylic acid groups (broad SMARTS) is 1. The third-order valence-corrected chi connectivity index (χ3v) is 4.20. The third kappa shape index (κ3) is 4.01. The highest BCUT2D eigenvalue weighted by atomic mass is 32.1. The summed E-state index contributed by atoms with van der Waals surface area (Å²) in [6, 6.07) is 0. The molecule has 0 saturated carbocycles. The predicted molar refractivity (Wildman–Crippen MR) is 77.1 cm³/mol. The van der Waals surface area contributed by atoms with Gasteiger partial charge in [0.1, 0.15) is 0 Å². The van der Waals surface area contributed by atoms with Gasteiger partial charge in [0.25, 0.3) is 0 Å². The number of likely N-dealkylation sites (tertiary alicyclic amines) is 1. The fraction of sp³-hybridized carbons (Fsp3) is 0.615. The molecule has 0 atom stereocenters. The van der Waals surface area contributed by atoms with Crippen LogP contribution in [0.15, 0.2) is 0 Å². The molecule has 7 heteroatoms. The van der Waals surface area contributed by atoms with Crippen molar-refractivity contribution >= 4 is 28.3 Å². The molecule has 20 heavy (non-hydrogen) atoms. The Morgan fingerprint density at radius 1 is 1.30 bits per heavy atom. The molecule has 6 nitrogen and oxygen atoms in total. The van der Waals surface area contributed by atoms with Crippen molar-refractivity contribution in [2.24, 2.45) is 0 Å². The molecular formula is C13H19N3O3S. The molecule has 0 bridgehead atoms. The Hall–Kier alpha value is -1.47. The van der Waals surface area contributed by atoms with Crippen LogP contribution in [0.5, 0.6) is 0 Å². The first kappa shape index (κ1) is 14.9. The lowest BCUT2D eigenvalue weighted by Gasteiger charge is -2.18. The molecule has 0 unspecified atom stereocenters. The molecule has 0 spiro atoms. The summed E-state index contributed by atoms with van der Waals surface area (Å²) < 4.78 is 0. The first-order chi connectivity index (χ1) is 9.56.